The Morgan fingerprint density at radius 1 is 0.982 bits per heavy atom. The number of rotatable bonds is 10. The number of imide groups is 1. The molecule has 3 aliphatic rings. The topological polar surface area (TPSA) is 190 Å². The van der Waals surface area contributed by atoms with Crippen molar-refractivity contribution in [2.75, 3.05) is 47.8 Å². The van der Waals surface area contributed by atoms with Gasteiger partial charge >= 0.3 is 6.03 Å². The summed E-state index contributed by atoms with van der Waals surface area (Å²) >= 11 is 0. The highest BCUT2D eigenvalue weighted by Gasteiger charge is 2.29. The minimum Gasteiger partial charge on any atom is -0.369 e. The third-order valence-electron chi connectivity index (χ3n) is 11.4. The number of nitrogens with zero attached hydrogens (tertiary/aromatic N) is 12. The van der Waals surface area contributed by atoms with Gasteiger partial charge in [-0.2, -0.15) is 20.3 Å². The van der Waals surface area contributed by atoms with E-state index in [1.165, 1.54) is 12.6 Å². The molecule has 2 saturated heterocycles. The van der Waals surface area contributed by atoms with Crippen LogP contribution in [0.4, 0.5) is 21.9 Å². The summed E-state index contributed by atoms with van der Waals surface area (Å²) in [5, 5.41) is 38.8. The van der Waals surface area contributed by atoms with Gasteiger partial charge in [0.1, 0.15) is 17.8 Å². The molecule has 56 heavy (non-hydrogen) atoms. The molecule has 16 heteroatoms. The first-order valence-electron chi connectivity index (χ1n) is 19.3. The molecule has 1 saturated carbocycles. The monoisotopic (exact) mass is 752 g/mol. The highest BCUT2D eigenvalue weighted by atomic mass is 16.2. The Morgan fingerprint density at radius 2 is 1.79 bits per heavy atom. The molecule has 1 aromatic carbocycles. The second kappa shape index (κ2) is 15.8. The first-order valence-corrected chi connectivity index (χ1v) is 19.3. The first kappa shape index (κ1) is 36.6. The summed E-state index contributed by atoms with van der Waals surface area (Å²) in [5.74, 6) is 1.30. The van der Waals surface area contributed by atoms with Crippen LogP contribution in [0.1, 0.15) is 69.5 Å². The lowest BCUT2D eigenvalue weighted by Crippen LogP contribution is -2.52. The van der Waals surface area contributed by atoms with E-state index in [4.69, 9.17) is 0 Å². The Bertz CT molecular complexity index is 2310. The standard InChI is InChI=1S/C40H44N14O2/c1-26(19-41)46-34-18-37(54-39-31(22-45-54)17-29(20-42)21-44-39)43-23-36(34)53-25-35(48-49-53)30-5-3-28(4-6-30)11-13-50-15-16-51(24-27(50)2)32-7-9-33(10-8-32)52-14-12-38(55)47-40(52)56/h7-10,17-18,21-23,25-28,30H,3-6,11-16,24H2,1-2H3,(H,43,46)(H,47,55,56)/t26-,27+,28?,30?/m1/s1. The maximum atomic E-state index is 12.3. The lowest BCUT2D eigenvalue weighted by atomic mass is 9.79. The van der Waals surface area contributed by atoms with Crippen molar-refractivity contribution in [2.45, 2.75) is 70.4 Å². The fraction of sp³-hybridized carbons (Fsp3) is 0.425. The largest absolute Gasteiger partial charge is 0.369 e. The van der Waals surface area contributed by atoms with E-state index in [1.807, 2.05) is 24.4 Å². The van der Waals surface area contributed by atoms with Gasteiger partial charge in [-0.15, -0.1) is 5.10 Å². The van der Waals surface area contributed by atoms with E-state index in [0.29, 0.717) is 59.2 Å². The number of urea groups is 1. The number of pyridine rings is 2. The van der Waals surface area contributed by atoms with Crippen LogP contribution in [0.3, 0.4) is 0 Å². The van der Waals surface area contributed by atoms with Crippen LogP contribution in [0.2, 0.25) is 0 Å². The molecule has 0 spiro atoms. The molecule has 0 unspecified atom stereocenters. The minimum absolute atomic E-state index is 0.226. The van der Waals surface area contributed by atoms with Gasteiger partial charge in [0.25, 0.3) is 0 Å². The van der Waals surface area contributed by atoms with Crippen molar-refractivity contribution in [3.05, 3.63) is 72.4 Å². The van der Waals surface area contributed by atoms with Crippen molar-refractivity contribution in [3.63, 3.8) is 0 Å². The molecule has 1 aliphatic carbocycles. The number of amides is 3. The molecule has 2 atom stereocenters. The van der Waals surface area contributed by atoms with Gasteiger partial charge in [0.15, 0.2) is 11.5 Å². The van der Waals surface area contributed by atoms with Gasteiger partial charge < -0.3 is 10.2 Å². The smallest absolute Gasteiger partial charge is 0.328 e. The summed E-state index contributed by atoms with van der Waals surface area (Å²) in [6, 6.07) is 15.6. The summed E-state index contributed by atoms with van der Waals surface area (Å²) < 4.78 is 3.34. The molecular formula is C40H44N14O2. The molecule has 16 nitrogen and oxygen atoms in total. The van der Waals surface area contributed by atoms with Crippen LogP contribution >= 0.6 is 0 Å². The second-order valence-electron chi connectivity index (χ2n) is 15.1. The highest BCUT2D eigenvalue weighted by Crippen LogP contribution is 2.37. The van der Waals surface area contributed by atoms with E-state index in [2.05, 4.69) is 77.0 Å². The van der Waals surface area contributed by atoms with Crippen LogP contribution in [0.15, 0.2) is 61.2 Å². The van der Waals surface area contributed by atoms with Crippen molar-refractivity contribution >= 4 is 40.0 Å². The lowest BCUT2D eigenvalue weighted by molar-refractivity contribution is -0.120. The van der Waals surface area contributed by atoms with Crippen molar-refractivity contribution in [3.8, 4) is 23.6 Å². The number of carbonyl (C=O) groups is 2. The fourth-order valence-corrected chi connectivity index (χ4v) is 8.16. The first-order chi connectivity index (χ1) is 27.3. The van der Waals surface area contributed by atoms with E-state index in [0.717, 1.165) is 74.3 Å². The predicted molar refractivity (Wildman–Crippen MR) is 209 cm³/mol. The van der Waals surface area contributed by atoms with Gasteiger partial charge in [0.05, 0.1) is 41.6 Å². The molecule has 3 amide bonds. The Morgan fingerprint density at radius 3 is 2.54 bits per heavy atom. The molecule has 4 aromatic heterocycles. The number of nitrogens with one attached hydrogen (secondary N) is 2. The number of carbonyl (C=O) groups excluding carboxylic acids is 2. The van der Waals surface area contributed by atoms with Crippen LogP contribution in [-0.4, -0.2) is 96.4 Å². The zero-order valence-electron chi connectivity index (χ0n) is 31.5. The fourth-order valence-electron chi connectivity index (χ4n) is 8.16. The molecule has 5 aromatic rings. The highest BCUT2D eigenvalue weighted by molar-refractivity contribution is 6.05. The Hall–Kier alpha value is -6.39. The van der Waals surface area contributed by atoms with Crippen LogP contribution in [-0.2, 0) is 4.79 Å². The van der Waals surface area contributed by atoms with Crippen molar-refractivity contribution in [2.24, 2.45) is 5.92 Å². The number of hydrogen-bond acceptors (Lipinski definition) is 12. The molecule has 286 valence electrons. The number of nitriles is 2. The number of fused-ring (bicyclic) bond motifs is 1. The molecule has 6 heterocycles. The number of piperazine rings is 1. The molecule has 2 N–H and O–H groups in total. The molecular weight excluding hydrogens is 709 g/mol. The second-order valence-corrected chi connectivity index (χ2v) is 15.1. The number of benzene rings is 1. The average Bonchev–Trinajstić information content (AvgIpc) is 3.88. The molecule has 0 bridgehead atoms. The molecule has 2 aliphatic heterocycles. The number of aromatic nitrogens is 7. The maximum Gasteiger partial charge on any atom is 0.328 e. The number of hydrogen-bond donors (Lipinski definition) is 2. The van der Waals surface area contributed by atoms with Crippen LogP contribution in [0, 0.1) is 28.6 Å². The van der Waals surface area contributed by atoms with E-state index in [-0.39, 0.29) is 11.9 Å². The van der Waals surface area contributed by atoms with Crippen LogP contribution in [0.25, 0.3) is 22.5 Å². The van der Waals surface area contributed by atoms with E-state index in [1.54, 1.807) is 39.6 Å². The third-order valence-corrected chi connectivity index (χ3v) is 11.4. The van der Waals surface area contributed by atoms with Gasteiger partial charge in [0, 0.05) is 73.6 Å². The van der Waals surface area contributed by atoms with E-state index in [9.17, 15) is 20.1 Å². The third kappa shape index (κ3) is 7.61. The summed E-state index contributed by atoms with van der Waals surface area (Å²) in [6.45, 7) is 8.51. The normalized spacial score (nSPS) is 21.0. The van der Waals surface area contributed by atoms with Gasteiger partial charge in [-0.05, 0) is 88.7 Å². The molecule has 0 radical (unpaired) electrons. The summed E-state index contributed by atoms with van der Waals surface area (Å²) in [6.07, 6.45) is 12.8. The van der Waals surface area contributed by atoms with Gasteiger partial charge in [0.2, 0.25) is 5.91 Å². The molecule has 3 fully saturated rings. The summed E-state index contributed by atoms with van der Waals surface area (Å²) in [4.78, 5) is 39.5. The maximum absolute atomic E-state index is 12.3. The predicted octanol–water partition coefficient (Wildman–Crippen LogP) is 4.91. The van der Waals surface area contributed by atoms with Crippen LogP contribution in [0.5, 0.6) is 0 Å². The van der Waals surface area contributed by atoms with E-state index >= 15 is 0 Å². The summed E-state index contributed by atoms with van der Waals surface area (Å²) in [7, 11) is 0. The van der Waals surface area contributed by atoms with Crippen LogP contribution < -0.4 is 20.4 Å². The molecule has 8 rings (SSSR count). The Labute approximate surface area is 324 Å². The average molecular weight is 753 g/mol. The zero-order chi connectivity index (χ0) is 38.8. The van der Waals surface area contributed by atoms with Gasteiger partial charge in [-0.1, -0.05) is 5.21 Å². The van der Waals surface area contributed by atoms with Gasteiger partial charge in [-0.3, -0.25) is 19.9 Å². The SMILES string of the molecule is C[C@H](C#N)Nc1cc(-n2ncc3cc(C#N)cnc32)ncc1-n1cc(C2CCC(CCN3CCN(c4ccc(N5CCC(=O)NC5=O)cc4)C[C@@H]3C)CC2)nn1. The van der Waals surface area contributed by atoms with Gasteiger partial charge in [-0.25, -0.2) is 19.4 Å². The van der Waals surface area contributed by atoms with Crippen molar-refractivity contribution in [1.82, 2.24) is 45.0 Å². The Kier molecular flexibility index (Phi) is 10.3. The van der Waals surface area contributed by atoms with Crippen molar-refractivity contribution < 1.29 is 9.59 Å². The lowest BCUT2D eigenvalue weighted by Gasteiger charge is -2.42. The quantitative estimate of drug-likeness (QED) is 0.196. The zero-order valence-corrected chi connectivity index (χ0v) is 31.5. The minimum atomic E-state index is -0.468. The van der Waals surface area contributed by atoms with E-state index < -0.39 is 6.04 Å². The van der Waals surface area contributed by atoms with Crippen molar-refractivity contribution in [1.29, 1.82) is 10.5 Å². The summed E-state index contributed by atoms with van der Waals surface area (Å²) in [5.41, 5.74) is 5.29. The Balaban J connectivity index is 0.848. The number of anilines is 3.